The topological polar surface area (TPSA) is 94.1 Å². The molecule has 0 bridgehead atoms. The minimum Gasteiger partial charge on any atom is -0.508 e. The fourth-order valence-electron chi connectivity index (χ4n) is 4.23. The number of H-pyrrole nitrogens is 1. The molecule has 2 aromatic carbocycles. The number of hydrogen-bond acceptors (Lipinski definition) is 5. The molecular weight excluding hydrogens is 471 g/mol. The van der Waals surface area contributed by atoms with Crippen molar-refractivity contribution < 1.29 is 23.1 Å². The molecule has 36 heavy (non-hydrogen) atoms. The molecule has 0 spiro atoms. The molecule has 7 nitrogen and oxygen atoms in total. The third-order valence-electron chi connectivity index (χ3n) is 6.04. The van der Waals surface area contributed by atoms with Crippen molar-refractivity contribution in [1.29, 1.82) is 0 Å². The number of phenols is 1. The van der Waals surface area contributed by atoms with Gasteiger partial charge in [0.2, 0.25) is 0 Å². The highest BCUT2D eigenvalue weighted by atomic mass is 19.4. The van der Waals surface area contributed by atoms with Gasteiger partial charge in [-0.1, -0.05) is 24.3 Å². The maximum Gasteiger partial charge on any atom is 0.416 e. The van der Waals surface area contributed by atoms with Gasteiger partial charge in [-0.15, -0.1) is 0 Å². The van der Waals surface area contributed by atoms with Gasteiger partial charge in [0, 0.05) is 31.7 Å². The summed E-state index contributed by atoms with van der Waals surface area (Å²) in [5, 5.41) is 20.4. The number of benzene rings is 2. The number of alkyl halides is 3. The van der Waals surface area contributed by atoms with Crippen molar-refractivity contribution in [1.82, 2.24) is 25.4 Å². The molecule has 0 aliphatic carbocycles. The number of fused-ring (bicyclic) bond motifs is 1. The van der Waals surface area contributed by atoms with Crippen molar-refractivity contribution in [2.24, 2.45) is 0 Å². The minimum atomic E-state index is -4.50. The molecule has 1 aliphatic heterocycles. The molecule has 184 valence electrons. The summed E-state index contributed by atoms with van der Waals surface area (Å²) >= 11 is 0. The highest BCUT2D eigenvalue weighted by molar-refractivity contribution is 6.09. The molecule has 0 atom stereocenters. The van der Waals surface area contributed by atoms with Gasteiger partial charge in [-0.25, -0.2) is 4.98 Å². The molecule has 0 radical (unpaired) electrons. The van der Waals surface area contributed by atoms with Crippen molar-refractivity contribution >= 4 is 29.1 Å². The number of phenolic OH excluding ortho intramolecular Hbond substituents is 1. The van der Waals surface area contributed by atoms with Gasteiger partial charge in [0.15, 0.2) is 5.65 Å². The van der Waals surface area contributed by atoms with E-state index in [2.05, 4.69) is 20.5 Å². The Morgan fingerprint density at radius 2 is 1.75 bits per heavy atom. The van der Waals surface area contributed by atoms with Gasteiger partial charge in [-0.2, -0.15) is 18.3 Å². The summed E-state index contributed by atoms with van der Waals surface area (Å²) in [6.45, 7) is 2.38. The molecule has 4 aromatic rings. The van der Waals surface area contributed by atoms with Gasteiger partial charge < -0.3 is 15.3 Å². The monoisotopic (exact) mass is 493 g/mol. The van der Waals surface area contributed by atoms with Crippen LogP contribution in [-0.4, -0.2) is 57.3 Å². The molecule has 5 rings (SSSR count). The van der Waals surface area contributed by atoms with E-state index in [9.17, 15) is 23.1 Å². The maximum atomic E-state index is 13.6. The molecule has 1 amide bonds. The smallest absolute Gasteiger partial charge is 0.416 e. The Morgan fingerprint density at radius 3 is 2.47 bits per heavy atom. The molecule has 3 heterocycles. The normalized spacial score (nSPS) is 14.6. The van der Waals surface area contributed by atoms with Gasteiger partial charge in [-0.3, -0.25) is 9.89 Å². The van der Waals surface area contributed by atoms with Crippen molar-refractivity contribution in [3.05, 3.63) is 77.0 Å². The zero-order chi connectivity index (χ0) is 25.3. The number of pyridine rings is 1. The van der Waals surface area contributed by atoms with E-state index >= 15 is 0 Å². The highest BCUT2D eigenvalue weighted by Gasteiger charge is 2.32. The first-order valence-corrected chi connectivity index (χ1v) is 11.3. The average molecular weight is 493 g/mol. The molecule has 2 aromatic heterocycles. The summed E-state index contributed by atoms with van der Waals surface area (Å²) in [4.78, 5) is 19.9. The van der Waals surface area contributed by atoms with E-state index in [4.69, 9.17) is 0 Å². The lowest BCUT2D eigenvalue weighted by atomic mass is 10.0. The van der Waals surface area contributed by atoms with E-state index in [0.717, 1.165) is 6.07 Å². The molecule has 1 aliphatic rings. The number of halogens is 3. The van der Waals surface area contributed by atoms with Crippen LogP contribution >= 0.6 is 0 Å². The molecule has 0 unspecified atom stereocenters. The lowest BCUT2D eigenvalue weighted by Gasteiger charge is -2.27. The Balaban J connectivity index is 1.62. The molecule has 3 N–H and O–H groups in total. The zero-order valence-corrected chi connectivity index (χ0v) is 19.0. The first kappa shape index (κ1) is 23.6. The third kappa shape index (κ3) is 4.67. The molecule has 0 saturated carbocycles. The van der Waals surface area contributed by atoms with Crippen molar-refractivity contribution in [2.45, 2.75) is 6.18 Å². The molecular formula is C26H22F3N5O2. The minimum absolute atomic E-state index is 0.00944. The van der Waals surface area contributed by atoms with Crippen LogP contribution < -0.4 is 5.32 Å². The standard InChI is InChI=1S/C26H22F3N5O2/c27-26(28,29)20-4-2-1-3-16(20)7-10-21-23-19(25(36)34-13-11-30-12-14-34)15-22(31-24(23)33-32-21)17-5-8-18(35)9-6-17/h1-10,15,30,35H,11-14H2,(H,31,32,33)/b10-7+. The van der Waals surface area contributed by atoms with Gasteiger partial charge >= 0.3 is 6.18 Å². The number of nitrogens with one attached hydrogen (secondary N) is 2. The number of nitrogens with zero attached hydrogens (tertiary/aromatic N) is 3. The second-order valence-electron chi connectivity index (χ2n) is 8.39. The summed E-state index contributed by atoms with van der Waals surface area (Å²) in [6, 6.07) is 13.4. The predicted molar refractivity (Wildman–Crippen MR) is 130 cm³/mol. The largest absolute Gasteiger partial charge is 0.508 e. The van der Waals surface area contributed by atoms with E-state index < -0.39 is 11.7 Å². The number of aromatic hydroxyl groups is 1. The van der Waals surface area contributed by atoms with Crippen LogP contribution in [0.5, 0.6) is 5.75 Å². The van der Waals surface area contributed by atoms with Crippen LogP contribution in [0.2, 0.25) is 0 Å². The van der Waals surface area contributed by atoms with Crippen LogP contribution in [-0.2, 0) is 6.18 Å². The van der Waals surface area contributed by atoms with Crippen molar-refractivity contribution in [2.75, 3.05) is 26.2 Å². The van der Waals surface area contributed by atoms with E-state index in [0.29, 0.717) is 59.7 Å². The van der Waals surface area contributed by atoms with Crippen LogP contribution in [0.3, 0.4) is 0 Å². The van der Waals surface area contributed by atoms with Crippen molar-refractivity contribution in [3.63, 3.8) is 0 Å². The second kappa shape index (κ2) is 9.46. The average Bonchev–Trinajstić information content (AvgIpc) is 3.30. The number of carbonyl (C=O) groups excluding carboxylic acids is 1. The quantitative estimate of drug-likeness (QED) is 0.387. The fourth-order valence-corrected chi connectivity index (χ4v) is 4.23. The van der Waals surface area contributed by atoms with E-state index in [-0.39, 0.29) is 17.2 Å². The number of amides is 1. The van der Waals surface area contributed by atoms with Crippen LogP contribution in [0.15, 0.2) is 54.6 Å². The van der Waals surface area contributed by atoms with E-state index in [1.165, 1.54) is 42.5 Å². The number of carbonyl (C=O) groups is 1. The summed E-state index contributed by atoms with van der Waals surface area (Å²) < 4.78 is 40.3. The Labute approximate surface area is 204 Å². The first-order chi connectivity index (χ1) is 17.3. The summed E-state index contributed by atoms with van der Waals surface area (Å²) in [6.07, 6.45) is -1.70. The third-order valence-corrected chi connectivity index (χ3v) is 6.04. The number of aromatic nitrogens is 3. The Kier molecular flexibility index (Phi) is 6.19. The van der Waals surface area contributed by atoms with Gasteiger partial charge in [0.25, 0.3) is 5.91 Å². The Bertz CT molecular complexity index is 1440. The van der Waals surface area contributed by atoms with E-state index in [1.807, 2.05) is 0 Å². The van der Waals surface area contributed by atoms with Gasteiger partial charge in [0.05, 0.1) is 27.9 Å². The lowest BCUT2D eigenvalue weighted by molar-refractivity contribution is -0.137. The van der Waals surface area contributed by atoms with Crippen molar-refractivity contribution in [3.8, 4) is 17.0 Å². The maximum absolute atomic E-state index is 13.6. The summed E-state index contributed by atoms with van der Waals surface area (Å²) in [5.41, 5.74) is 1.42. The summed E-state index contributed by atoms with van der Waals surface area (Å²) in [7, 11) is 0. The van der Waals surface area contributed by atoms with Gasteiger partial charge in [-0.05, 0) is 48.0 Å². The zero-order valence-electron chi connectivity index (χ0n) is 19.0. The lowest BCUT2D eigenvalue weighted by Crippen LogP contribution is -2.46. The SMILES string of the molecule is O=C(c1cc(-c2ccc(O)cc2)nc2[nH]nc(/C=C/c3ccccc3C(F)(F)F)c12)N1CCNCC1. The number of rotatable bonds is 4. The van der Waals surface area contributed by atoms with Crippen LogP contribution in [0, 0.1) is 0 Å². The van der Waals surface area contributed by atoms with E-state index in [1.54, 1.807) is 23.1 Å². The molecule has 1 fully saturated rings. The highest BCUT2D eigenvalue weighted by Crippen LogP contribution is 2.33. The number of hydrogen-bond donors (Lipinski definition) is 3. The van der Waals surface area contributed by atoms with Crippen LogP contribution in [0.25, 0.3) is 34.4 Å². The van der Waals surface area contributed by atoms with Crippen LogP contribution in [0.1, 0.15) is 27.2 Å². The fraction of sp³-hybridized carbons (Fsp3) is 0.192. The first-order valence-electron chi connectivity index (χ1n) is 11.3. The van der Waals surface area contributed by atoms with Crippen LogP contribution in [0.4, 0.5) is 13.2 Å². The molecule has 1 saturated heterocycles. The van der Waals surface area contributed by atoms with Gasteiger partial charge in [0.1, 0.15) is 5.75 Å². The Hall–Kier alpha value is -4.18. The molecule has 10 heteroatoms. The second-order valence-corrected chi connectivity index (χ2v) is 8.39. The predicted octanol–water partition coefficient (Wildman–Crippen LogP) is 4.57. The number of piperazine rings is 1. The number of aromatic amines is 1. The Morgan fingerprint density at radius 1 is 1.03 bits per heavy atom. The summed E-state index contributed by atoms with van der Waals surface area (Å²) in [5.74, 6) is -0.110.